The van der Waals surface area contributed by atoms with Gasteiger partial charge in [-0.3, -0.25) is 0 Å². The summed E-state index contributed by atoms with van der Waals surface area (Å²) < 4.78 is 38.3. The number of hydrogen-bond donors (Lipinski definition) is 1. The van der Waals surface area contributed by atoms with Crippen LogP contribution in [0.15, 0.2) is 54.6 Å². The Morgan fingerprint density at radius 1 is 0.778 bits per heavy atom. The average Bonchev–Trinajstić information content (AvgIpc) is 3.40. The summed E-state index contributed by atoms with van der Waals surface area (Å²) in [6, 6.07) is 10.7. The van der Waals surface area contributed by atoms with Crippen LogP contribution in [0.2, 0.25) is 0 Å². The molecule has 7 heteroatoms. The molecule has 1 aromatic carbocycles. The van der Waals surface area contributed by atoms with Gasteiger partial charge in [-0.1, -0.05) is 54.6 Å². The molecule has 0 spiro atoms. The Labute approximate surface area is 271 Å². The first kappa shape index (κ1) is 34.7. The van der Waals surface area contributed by atoms with Crippen molar-refractivity contribution in [1.82, 2.24) is 0 Å². The van der Waals surface area contributed by atoms with Crippen LogP contribution in [0.3, 0.4) is 0 Å². The highest BCUT2D eigenvalue weighted by Gasteiger charge is 2.45. The van der Waals surface area contributed by atoms with Crippen LogP contribution in [-0.2, 0) is 34.8 Å². The fraction of sp³-hybridized carbons (Fsp3) is 0.737. The molecule has 3 heterocycles. The Morgan fingerprint density at radius 3 is 2.09 bits per heavy atom. The van der Waals surface area contributed by atoms with Crippen LogP contribution in [-0.4, -0.2) is 68.7 Å². The van der Waals surface area contributed by atoms with Gasteiger partial charge < -0.3 is 33.5 Å². The second kappa shape index (κ2) is 19.9. The zero-order valence-corrected chi connectivity index (χ0v) is 27.4. The Kier molecular flexibility index (Phi) is 15.4. The Morgan fingerprint density at radius 2 is 1.44 bits per heavy atom. The van der Waals surface area contributed by atoms with Crippen LogP contribution < -0.4 is 0 Å². The maximum absolute atomic E-state index is 9.19. The minimum absolute atomic E-state index is 0.00596. The number of hydrogen-bond acceptors (Lipinski definition) is 7. The van der Waals surface area contributed by atoms with Crippen molar-refractivity contribution >= 4 is 0 Å². The van der Waals surface area contributed by atoms with Crippen LogP contribution in [0.25, 0.3) is 0 Å². The summed E-state index contributed by atoms with van der Waals surface area (Å²) in [5, 5.41) is 9.19. The number of unbranched alkanes of at least 4 members (excludes halogenated alkanes) is 2. The van der Waals surface area contributed by atoms with Crippen molar-refractivity contribution in [2.75, 3.05) is 26.4 Å². The predicted molar refractivity (Wildman–Crippen MR) is 176 cm³/mol. The molecule has 7 nitrogen and oxygen atoms in total. The smallest absolute Gasteiger partial charge is 0.158 e. The van der Waals surface area contributed by atoms with Gasteiger partial charge in [0, 0.05) is 38.8 Å². The molecule has 5 rings (SSSR count). The van der Waals surface area contributed by atoms with Crippen molar-refractivity contribution in [2.45, 2.75) is 140 Å². The molecule has 0 aromatic heterocycles. The Hall–Kier alpha value is -1.58. The van der Waals surface area contributed by atoms with Crippen LogP contribution in [0, 0.1) is 11.8 Å². The number of aryl methyl sites for hydroxylation is 1. The molecule has 45 heavy (non-hydrogen) atoms. The third kappa shape index (κ3) is 11.9. The molecule has 1 saturated carbocycles. The second-order valence-corrected chi connectivity index (χ2v) is 13.2. The zero-order chi connectivity index (χ0) is 30.9. The Bertz CT molecular complexity index is 966. The van der Waals surface area contributed by atoms with Gasteiger partial charge in [0.05, 0.1) is 18.3 Å². The van der Waals surface area contributed by atoms with E-state index in [2.05, 4.69) is 54.6 Å². The van der Waals surface area contributed by atoms with Crippen molar-refractivity contribution in [3.05, 3.63) is 60.2 Å². The number of aliphatic hydroxyl groups is 1. The summed E-state index contributed by atoms with van der Waals surface area (Å²) >= 11 is 0. The molecule has 1 aromatic rings. The molecule has 3 aliphatic heterocycles. The summed E-state index contributed by atoms with van der Waals surface area (Å²) in [5.74, 6) is 0.427. The fourth-order valence-electron chi connectivity index (χ4n) is 7.16. The maximum Gasteiger partial charge on any atom is 0.158 e. The predicted octanol–water partition coefficient (Wildman–Crippen LogP) is 7.66. The van der Waals surface area contributed by atoms with E-state index in [1.807, 2.05) is 0 Å². The maximum atomic E-state index is 9.19. The molecule has 0 bridgehead atoms. The molecule has 252 valence electrons. The molecule has 3 saturated heterocycles. The third-order valence-electron chi connectivity index (χ3n) is 9.72. The SMILES string of the molecule is OCCCCC=CC[C@@H]1[C@@H](C=C[C@H](CCc2ccccc2)OC2CCCCO2)[C@H](OC2CCCCO2)C[C@@H]1OC1CCCCO1. The first-order chi connectivity index (χ1) is 22.3. The molecule has 0 radical (unpaired) electrons. The van der Waals surface area contributed by atoms with Crippen LogP contribution in [0.1, 0.15) is 102 Å². The zero-order valence-electron chi connectivity index (χ0n) is 27.4. The van der Waals surface area contributed by atoms with Crippen molar-refractivity contribution in [3.63, 3.8) is 0 Å². The van der Waals surface area contributed by atoms with Crippen LogP contribution in [0.5, 0.6) is 0 Å². The first-order valence-corrected chi connectivity index (χ1v) is 18.1. The normalized spacial score (nSPS) is 32.0. The van der Waals surface area contributed by atoms with E-state index in [0.29, 0.717) is 0 Å². The third-order valence-corrected chi connectivity index (χ3v) is 9.72. The van der Waals surface area contributed by atoms with E-state index in [-0.39, 0.29) is 55.6 Å². The van der Waals surface area contributed by atoms with Gasteiger partial charge in [0.15, 0.2) is 18.9 Å². The molecule has 1 aliphatic carbocycles. The van der Waals surface area contributed by atoms with Crippen molar-refractivity contribution in [3.8, 4) is 0 Å². The minimum Gasteiger partial charge on any atom is -0.396 e. The van der Waals surface area contributed by atoms with Gasteiger partial charge in [0.1, 0.15) is 0 Å². The van der Waals surface area contributed by atoms with E-state index >= 15 is 0 Å². The molecule has 4 aliphatic rings. The van der Waals surface area contributed by atoms with Crippen molar-refractivity contribution in [1.29, 1.82) is 0 Å². The second-order valence-electron chi connectivity index (χ2n) is 13.2. The number of benzene rings is 1. The van der Waals surface area contributed by atoms with Gasteiger partial charge in [0.25, 0.3) is 0 Å². The minimum atomic E-state index is -0.153. The molecule has 0 amide bonds. The quantitative estimate of drug-likeness (QED) is 0.141. The topological polar surface area (TPSA) is 75.6 Å². The number of allylic oxidation sites excluding steroid dienone is 2. The molecular weight excluding hydrogens is 568 g/mol. The van der Waals surface area contributed by atoms with Crippen LogP contribution in [0.4, 0.5) is 0 Å². The number of ether oxygens (including phenoxy) is 6. The summed E-state index contributed by atoms with van der Waals surface area (Å²) in [6.07, 6.45) is 24.9. The molecule has 8 atom stereocenters. The van der Waals surface area contributed by atoms with Gasteiger partial charge in [-0.15, -0.1) is 0 Å². The largest absolute Gasteiger partial charge is 0.396 e. The highest BCUT2D eigenvalue weighted by Crippen LogP contribution is 2.42. The lowest BCUT2D eigenvalue weighted by atomic mass is 9.89. The van der Waals surface area contributed by atoms with E-state index in [4.69, 9.17) is 28.4 Å². The average molecular weight is 627 g/mol. The van der Waals surface area contributed by atoms with E-state index < -0.39 is 0 Å². The van der Waals surface area contributed by atoms with Crippen molar-refractivity contribution < 1.29 is 33.5 Å². The summed E-state index contributed by atoms with van der Waals surface area (Å²) in [4.78, 5) is 0. The van der Waals surface area contributed by atoms with Gasteiger partial charge in [-0.2, -0.15) is 0 Å². The standard InChI is InChI=1S/C38H58O7/c39-25-11-3-1-2-7-17-32-33(24-23-31(43-36-18-8-12-26-40-36)22-21-30-15-5-4-6-16-30)35(45-38-20-10-14-28-42-38)29-34(32)44-37-19-9-13-27-41-37/h2,4-7,15-16,23-24,31-39H,1,3,8-14,17-22,25-29H2/t31-,32+,33+,34-,35+,36?,37?,38?/m0/s1. The van der Waals surface area contributed by atoms with Gasteiger partial charge in [-0.05, 0) is 108 Å². The molecule has 4 fully saturated rings. The molecular formula is C38H58O7. The summed E-state index contributed by atoms with van der Waals surface area (Å²) in [5.41, 5.74) is 1.32. The van der Waals surface area contributed by atoms with Gasteiger partial charge in [0.2, 0.25) is 0 Å². The summed E-state index contributed by atoms with van der Waals surface area (Å²) in [7, 11) is 0. The number of rotatable bonds is 17. The van der Waals surface area contributed by atoms with E-state index in [1.165, 1.54) is 5.56 Å². The van der Waals surface area contributed by atoms with Crippen molar-refractivity contribution in [2.24, 2.45) is 11.8 Å². The Balaban J connectivity index is 1.34. The lowest BCUT2D eigenvalue weighted by molar-refractivity contribution is -0.203. The van der Waals surface area contributed by atoms with Crippen LogP contribution >= 0.6 is 0 Å². The fourth-order valence-corrected chi connectivity index (χ4v) is 7.16. The first-order valence-electron chi connectivity index (χ1n) is 18.1. The van der Waals surface area contributed by atoms with E-state index in [1.54, 1.807) is 0 Å². The van der Waals surface area contributed by atoms with Gasteiger partial charge in [-0.25, -0.2) is 0 Å². The lowest BCUT2D eigenvalue weighted by Gasteiger charge is -2.30. The van der Waals surface area contributed by atoms with E-state index in [9.17, 15) is 5.11 Å². The monoisotopic (exact) mass is 626 g/mol. The molecule has 3 unspecified atom stereocenters. The van der Waals surface area contributed by atoms with E-state index in [0.717, 1.165) is 123 Å². The highest BCUT2D eigenvalue weighted by molar-refractivity contribution is 5.15. The highest BCUT2D eigenvalue weighted by atomic mass is 16.7. The lowest BCUT2D eigenvalue weighted by Crippen LogP contribution is -2.31. The summed E-state index contributed by atoms with van der Waals surface area (Å²) in [6.45, 7) is 2.57. The van der Waals surface area contributed by atoms with Gasteiger partial charge >= 0.3 is 0 Å². The number of aliphatic hydroxyl groups excluding tert-OH is 1. The molecule has 1 N–H and O–H groups in total.